The summed E-state index contributed by atoms with van der Waals surface area (Å²) in [5.74, 6) is 1.47. The minimum absolute atomic E-state index is 0.178. The third-order valence-corrected chi connectivity index (χ3v) is 2.56. The second-order valence-corrected chi connectivity index (χ2v) is 4.42. The molecule has 1 saturated carbocycles. The molecule has 2 unspecified atom stereocenters. The summed E-state index contributed by atoms with van der Waals surface area (Å²) in [5, 5.41) is 12.7. The quantitative estimate of drug-likeness (QED) is 0.557. The molecule has 0 spiro atoms. The van der Waals surface area contributed by atoms with Crippen LogP contribution in [0.25, 0.3) is 0 Å². The average molecular weight is 199 g/mol. The summed E-state index contributed by atoms with van der Waals surface area (Å²) in [4.78, 5) is 5.14. The number of aliphatic hydroxyl groups excluding tert-OH is 1. The Morgan fingerprint density at radius 1 is 1.36 bits per heavy atom. The molecule has 3 nitrogen and oxygen atoms in total. The van der Waals surface area contributed by atoms with Gasteiger partial charge < -0.3 is 9.94 Å². The summed E-state index contributed by atoms with van der Waals surface area (Å²) < 4.78 is 0. The maximum atomic E-state index is 8.56. The van der Waals surface area contributed by atoms with E-state index in [9.17, 15) is 0 Å². The SMILES string of the molecule is CC1CC(=NOCCCO)CC(C)C1. The van der Waals surface area contributed by atoms with Crippen LogP contribution in [0.1, 0.15) is 39.5 Å². The highest BCUT2D eigenvalue weighted by Gasteiger charge is 2.20. The highest BCUT2D eigenvalue weighted by molar-refractivity contribution is 5.85. The fourth-order valence-electron chi connectivity index (χ4n) is 2.08. The molecule has 0 amide bonds. The van der Waals surface area contributed by atoms with E-state index in [4.69, 9.17) is 9.94 Å². The summed E-state index contributed by atoms with van der Waals surface area (Å²) in [6.45, 7) is 5.23. The highest BCUT2D eigenvalue weighted by atomic mass is 16.6. The van der Waals surface area contributed by atoms with Crippen molar-refractivity contribution in [2.75, 3.05) is 13.2 Å². The molecule has 1 rings (SSSR count). The van der Waals surface area contributed by atoms with Gasteiger partial charge in [0.25, 0.3) is 0 Å². The Morgan fingerprint density at radius 3 is 2.57 bits per heavy atom. The summed E-state index contributed by atoms with van der Waals surface area (Å²) in [5.41, 5.74) is 1.19. The van der Waals surface area contributed by atoms with Crippen molar-refractivity contribution >= 4 is 5.71 Å². The van der Waals surface area contributed by atoms with Gasteiger partial charge in [0.05, 0.1) is 5.71 Å². The Hall–Kier alpha value is -0.570. The zero-order chi connectivity index (χ0) is 10.4. The van der Waals surface area contributed by atoms with Crippen LogP contribution in [0.4, 0.5) is 0 Å². The van der Waals surface area contributed by atoms with Gasteiger partial charge in [-0.2, -0.15) is 0 Å². The molecular formula is C11H21NO2. The summed E-state index contributed by atoms with van der Waals surface area (Å²) in [6, 6.07) is 0. The number of nitrogens with zero attached hydrogens (tertiary/aromatic N) is 1. The van der Waals surface area contributed by atoms with Gasteiger partial charge in [0.1, 0.15) is 6.61 Å². The fraction of sp³-hybridized carbons (Fsp3) is 0.909. The van der Waals surface area contributed by atoms with Crippen LogP contribution in [0.2, 0.25) is 0 Å². The van der Waals surface area contributed by atoms with Gasteiger partial charge in [-0.25, -0.2) is 0 Å². The largest absolute Gasteiger partial charge is 0.396 e. The van der Waals surface area contributed by atoms with E-state index >= 15 is 0 Å². The fourth-order valence-corrected chi connectivity index (χ4v) is 2.08. The third kappa shape index (κ3) is 4.09. The lowest BCUT2D eigenvalue weighted by molar-refractivity contribution is 0.121. The van der Waals surface area contributed by atoms with E-state index in [0.29, 0.717) is 13.0 Å². The summed E-state index contributed by atoms with van der Waals surface area (Å²) in [6.07, 6.45) is 4.12. The maximum Gasteiger partial charge on any atom is 0.119 e. The first kappa shape index (κ1) is 11.5. The highest BCUT2D eigenvalue weighted by Crippen LogP contribution is 2.26. The number of oxime groups is 1. The molecule has 2 atom stereocenters. The molecule has 82 valence electrons. The van der Waals surface area contributed by atoms with Gasteiger partial charge in [0.2, 0.25) is 0 Å². The lowest BCUT2D eigenvalue weighted by Crippen LogP contribution is -2.19. The van der Waals surface area contributed by atoms with Crippen molar-refractivity contribution < 1.29 is 9.94 Å². The van der Waals surface area contributed by atoms with Crippen molar-refractivity contribution in [2.24, 2.45) is 17.0 Å². The normalized spacial score (nSPS) is 27.5. The van der Waals surface area contributed by atoms with Gasteiger partial charge in [0, 0.05) is 13.0 Å². The van der Waals surface area contributed by atoms with Crippen LogP contribution < -0.4 is 0 Å². The molecule has 0 aromatic heterocycles. The molecule has 1 fully saturated rings. The lowest BCUT2D eigenvalue weighted by Gasteiger charge is -2.24. The van der Waals surface area contributed by atoms with Crippen molar-refractivity contribution in [1.82, 2.24) is 0 Å². The van der Waals surface area contributed by atoms with E-state index in [1.807, 2.05) is 0 Å². The Bertz CT molecular complexity index is 180. The molecule has 3 heteroatoms. The predicted molar refractivity (Wildman–Crippen MR) is 57.3 cm³/mol. The molecule has 1 aliphatic carbocycles. The topological polar surface area (TPSA) is 41.8 Å². The van der Waals surface area contributed by atoms with Gasteiger partial charge >= 0.3 is 0 Å². The van der Waals surface area contributed by atoms with E-state index in [0.717, 1.165) is 24.7 Å². The second kappa shape index (κ2) is 6.02. The zero-order valence-corrected chi connectivity index (χ0v) is 9.20. The Morgan fingerprint density at radius 2 is 2.00 bits per heavy atom. The van der Waals surface area contributed by atoms with Gasteiger partial charge in [-0.3, -0.25) is 0 Å². The summed E-state index contributed by atoms with van der Waals surface area (Å²) >= 11 is 0. The van der Waals surface area contributed by atoms with Crippen molar-refractivity contribution in [1.29, 1.82) is 0 Å². The maximum absolute atomic E-state index is 8.56. The van der Waals surface area contributed by atoms with E-state index in [2.05, 4.69) is 19.0 Å². The lowest BCUT2D eigenvalue weighted by atomic mass is 9.82. The molecule has 0 aromatic carbocycles. The Kier molecular flexibility index (Phi) is 4.94. The second-order valence-electron chi connectivity index (χ2n) is 4.42. The minimum Gasteiger partial charge on any atom is -0.396 e. The molecule has 0 bridgehead atoms. The van der Waals surface area contributed by atoms with E-state index in [1.54, 1.807) is 0 Å². The molecule has 14 heavy (non-hydrogen) atoms. The molecule has 0 radical (unpaired) electrons. The number of rotatable bonds is 4. The standard InChI is InChI=1S/C11H21NO2/c1-9-6-10(2)8-11(7-9)12-14-5-3-4-13/h9-10,13H,3-8H2,1-2H3. The van der Waals surface area contributed by atoms with E-state index < -0.39 is 0 Å². The Balaban J connectivity index is 2.27. The predicted octanol–water partition coefficient (Wildman–Crippen LogP) is 2.20. The molecule has 1 N–H and O–H groups in total. The first-order chi connectivity index (χ1) is 6.72. The van der Waals surface area contributed by atoms with Gasteiger partial charge in [-0.1, -0.05) is 19.0 Å². The summed E-state index contributed by atoms with van der Waals surface area (Å²) in [7, 11) is 0. The first-order valence-corrected chi connectivity index (χ1v) is 5.51. The monoisotopic (exact) mass is 199 g/mol. The van der Waals surface area contributed by atoms with Crippen LogP contribution in [0.5, 0.6) is 0 Å². The van der Waals surface area contributed by atoms with Crippen molar-refractivity contribution in [3.05, 3.63) is 0 Å². The van der Waals surface area contributed by atoms with Gasteiger partial charge in [-0.05, 0) is 31.1 Å². The average Bonchev–Trinajstić information content (AvgIpc) is 2.11. The van der Waals surface area contributed by atoms with Crippen LogP contribution in [0, 0.1) is 11.8 Å². The van der Waals surface area contributed by atoms with Crippen LogP contribution in [-0.2, 0) is 4.84 Å². The first-order valence-electron chi connectivity index (χ1n) is 5.51. The van der Waals surface area contributed by atoms with E-state index in [-0.39, 0.29) is 6.61 Å². The number of hydrogen-bond acceptors (Lipinski definition) is 3. The van der Waals surface area contributed by atoms with Crippen LogP contribution >= 0.6 is 0 Å². The molecule has 0 heterocycles. The number of aliphatic hydroxyl groups is 1. The molecule has 1 aliphatic rings. The van der Waals surface area contributed by atoms with Crippen molar-refractivity contribution in [3.63, 3.8) is 0 Å². The van der Waals surface area contributed by atoms with Crippen LogP contribution in [0.15, 0.2) is 5.16 Å². The number of hydrogen-bond donors (Lipinski definition) is 1. The Labute approximate surface area is 86.1 Å². The van der Waals surface area contributed by atoms with Crippen molar-refractivity contribution in [3.8, 4) is 0 Å². The van der Waals surface area contributed by atoms with E-state index in [1.165, 1.54) is 12.1 Å². The van der Waals surface area contributed by atoms with Crippen LogP contribution in [0.3, 0.4) is 0 Å². The molecule has 0 saturated heterocycles. The molecule has 0 aliphatic heterocycles. The molecular weight excluding hydrogens is 178 g/mol. The molecule has 0 aromatic rings. The van der Waals surface area contributed by atoms with Gasteiger partial charge in [-0.15, -0.1) is 0 Å². The van der Waals surface area contributed by atoms with Crippen molar-refractivity contribution in [2.45, 2.75) is 39.5 Å². The zero-order valence-electron chi connectivity index (χ0n) is 9.20. The smallest absolute Gasteiger partial charge is 0.119 e. The van der Waals surface area contributed by atoms with Crippen LogP contribution in [-0.4, -0.2) is 24.0 Å². The van der Waals surface area contributed by atoms with Gasteiger partial charge in [0.15, 0.2) is 0 Å². The third-order valence-electron chi connectivity index (χ3n) is 2.56. The minimum atomic E-state index is 0.178.